The Balaban J connectivity index is 0.000000221. The van der Waals surface area contributed by atoms with Crippen LogP contribution in [0.2, 0.25) is 5.02 Å². The van der Waals surface area contributed by atoms with Crippen molar-refractivity contribution < 1.29 is 19.7 Å². The molecule has 0 bridgehead atoms. The second-order valence-corrected chi connectivity index (χ2v) is 4.89. The van der Waals surface area contributed by atoms with Gasteiger partial charge in [-0.05, 0) is 24.6 Å². The van der Waals surface area contributed by atoms with E-state index >= 15 is 0 Å². The lowest BCUT2D eigenvalue weighted by Gasteiger charge is -2.20. The predicted molar refractivity (Wildman–Crippen MR) is 74.8 cm³/mol. The Labute approximate surface area is 119 Å². The minimum absolute atomic E-state index is 0.403. The number of aryl methyl sites for hydroxylation is 1. The molecule has 0 radical (unpaired) electrons. The number of aliphatic hydroxyl groups is 3. The highest BCUT2D eigenvalue weighted by molar-refractivity contribution is 6.31. The van der Waals surface area contributed by atoms with E-state index in [1.54, 1.807) is 12.1 Å². The number of aromatic amines is 1. The molecule has 8 heteroatoms. The van der Waals surface area contributed by atoms with Gasteiger partial charge in [-0.1, -0.05) is 11.6 Å². The monoisotopic (exact) mass is 304 g/mol. The molecule has 20 heavy (non-hydrogen) atoms. The fraction of sp³-hybridized carbons (Fsp3) is 0.417. The quantitative estimate of drug-likeness (QED) is 0.531. The van der Waals surface area contributed by atoms with Crippen LogP contribution in [0.15, 0.2) is 21.3 Å². The zero-order chi connectivity index (χ0) is 15.3. The fourth-order valence-electron chi connectivity index (χ4n) is 1.34. The highest BCUT2D eigenvalue weighted by Gasteiger charge is 2.20. The maximum absolute atomic E-state index is 10.8. The summed E-state index contributed by atoms with van der Waals surface area (Å²) >= 11 is 5.77. The maximum Gasteiger partial charge on any atom is 0.417 e. The van der Waals surface area contributed by atoms with Crippen molar-refractivity contribution in [2.45, 2.75) is 12.5 Å². The topological polar surface area (TPSA) is 133 Å². The van der Waals surface area contributed by atoms with Crippen molar-refractivity contribution in [1.29, 1.82) is 0 Å². The molecule has 0 amide bonds. The van der Waals surface area contributed by atoms with E-state index in [1.165, 1.54) is 0 Å². The Bertz CT molecular complexity index is 610. The number of halogens is 1. The van der Waals surface area contributed by atoms with Gasteiger partial charge in [0.25, 0.3) is 0 Å². The number of H-pyrrole nitrogens is 1. The van der Waals surface area contributed by atoms with Crippen LogP contribution in [0.4, 0.5) is 0 Å². The number of hydrogen-bond acceptors (Lipinski definition) is 6. The van der Waals surface area contributed by atoms with E-state index in [1.807, 2.05) is 6.92 Å². The molecule has 0 saturated heterocycles. The Hall–Kier alpha value is -1.38. The molecule has 2 aromatic rings. The van der Waals surface area contributed by atoms with Gasteiger partial charge in [0.2, 0.25) is 0 Å². The first-order chi connectivity index (χ1) is 9.35. The molecule has 6 N–H and O–H groups in total. The van der Waals surface area contributed by atoms with Crippen molar-refractivity contribution >= 4 is 22.7 Å². The van der Waals surface area contributed by atoms with Crippen molar-refractivity contribution in [3.63, 3.8) is 0 Å². The third kappa shape index (κ3) is 4.06. The predicted octanol–water partition coefficient (Wildman–Crippen LogP) is -0.256. The van der Waals surface area contributed by atoms with E-state index in [-0.39, 0.29) is 0 Å². The van der Waals surface area contributed by atoms with E-state index in [0.29, 0.717) is 16.1 Å². The van der Waals surface area contributed by atoms with E-state index in [2.05, 4.69) is 4.98 Å². The molecule has 0 aliphatic rings. The number of rotatable bonds is 3. The molecule has 0 fully saturated rings. The number of nitrogens with two attached hydrogens (primary N) is 1. The van der Waals surface area contributed by atoms with Gasteiger partial charge < -0.3 is 25.5 Å². The summed E-state index contributed by atoms with van der Waals surface area (Å²) in [7, 11) is 0. The number of nitrogens with one attached hydrogen (secondary N) is 1. The molecule has 1 aromatic heterocycles. The third-order valence-corrected chi connectivity index (χ3v) is 2.83. The molecule has 2 rings (SSSR count). The molecular weight excluding hydrogens is 288 g/mol. The third-order valence-electron chi connectivity index (χ3n) is 2.62. The Kier molecular flexibility index (Phi) is 5.73. The van der Waals surface area contributed by atoms with Gasteiger partial charge in [0.15, 0.2) is 5.58 Å². The second kappa shape index (κ2) is 6.87. The molecule has 112 valence electrons. The zero-order valence-electron chi connectivity index (χ0n) is 10.9. The van der Waals surface area contributed by atoms with Crippen molar-refractivity contribution in [2.24, 2.45) is 5.73 Å². The molecule has 0 aliphatic heterocycles. The molecule has 7 nitrogen and oxygen atoms in total. The normalized spacial score (nSPS) is 11.3. The van der Waals surface area contributed by atoms with Crippen molar-refractivity contribution in [3.8, 4) is 0 Å². The Morgan fingerprint density at radius 2 is 1.85 bits per heavy atom. The van der Waals surface area contributed by atoms with Crippen LogP contribution >= 0.6 is 11.6 Å². The number of hydrogen-bond donors (Lipinski definition) is 5. The summed E-state index contributed by atoms with van der Waals surface area (Å²) in [5.74, 6) is -0.449. The minimum Gasteiger partial charge on any atom is -0.408 e. The van der Waals surface area contributed by atoms with Gasteiger partial charge in [-0.15, -0.1) is 0 Å². The molecule has 0 aliphatic carbocycles. The number of oxazole rings is 1. The minimum atomic E-state index is -1.21. The van der Waals surface area contributed by atoms with E-state index < -0.39 is 31.1 Å². The summed E-state index contributed by atoms with van der Waals surface area (Å²) in [6, 6.07) is 3.41. The summed E-state index contributed by atoms with van der Waals surface area (Å²) in [5.41, 5.74) is 6.01. The number of benzene rings is 1. The smallest absolute Gasteiger partial charge is 0.408 e. The summed E-state index contributed by atoms with van der Waals surface area (Å²) in [6.07, 6.45) is 0. The summed E-state index contributed by atoms with van der Waals surface area (Å²) in [4.78, 5) is 13.3. The molecule has 1 aromatic carbocycles. The molecule has 0 spiro atoms. The average Bonchev–Trinajstić information content (AvgIpc) is 2.79. The van der Waals surface area contributed by atoms with Crippen LogP contribution < -0.4 is 11.5 Å². The maximum atomic E-state index is 10.8. The highest BCUT2D eigenvalue weighted by Crippen LogP contribution is 2.20. The van der Waals surface area contributed by atoms with Crippen LogP contribution in [0, 0.1) is 6.92 Å². The molecule has 1 heterocycles. The first-order valence-corrected chi connectivity index (χ1v) is 6.13. The Morgan fingerprint density at radius 1 is 1.30 bits per heavy atom. The van der Waals surface area contributed by atoms with Crippen molar-refractivity contribution in [1.82, 2.24) is 4.98 Å². The summed E-state index contributed by atoms with van der Waals surface area (Å²) in [5, 5.41) is 25.6. The second-order valence-electron chi connectivity index (χ2n) is 4.45. The fourth-order valence-corrected chi connectivity index (χ4v) is 1.61. The first kappa shape index (κ1) is 16.7. The van der Waals surface area contributed by atoms with Gasteiger partial charge in [0.1, 0.15) is 0 Å². The highest BCUT2D eigenvalue weighted by atomic mass is 35.5. The van der Waals surface area contributed by atoms with Crippen LogP contribution in [0.5, 0.6) is 0 Å². The van der Waals surface area contributed by atoms with Crippen LogP contribution in [0.25, 0.3) is 11.1 Å². The van der Waals surface area contributed by atoms with Gasteiger partial charge in [0, 0.05) is 5.02 Å². The zero-order valence-corrected chi connectivity index (χ0v) is 11.6. The molecular formula is C12H17ClN2O5. The largest absolute Gasteiger partial charge is 0.417 e. The lowest BCUT2D eigenvalue weighted by Crippen LogP contribution is -2.50. The van der Waals surface area contributed by atoms with E-state index in [9.17, 15) is 4.79 Å². The number of aliphatic hydroxyl groups excluding tert-OH is 3. The average molecular weight is 305 g/mol. The van der Waals surface area contributed by atoms with Crippen molar-refractivity contribution in [2.75, 3.05) is 19.8 Å². The summed E-state index contributed by atoms with van der Waals surface area (Å²) in [6.45, 7) is 0.630. The van der Waals surface area contributed by atoms with Gasteiger partial charge in [-0.2, -0.15) is 0 Å². The standard InChI is InChI=1S/C8H6ClNO2.C4H11NO3/c1-4-2-5(9)3-6-7(4)12-8(11)10-6;5-4(1-6,2-7)3-8/h2-3H,1H3,(H,10,11);6-8H,1-3,5H2. The lowest BCUT2D eigenvalue weighted by molar-refractivity contribution is 0.0698. The molecule has 0 saturated carbocycles. The lowest BCUT2D eigenvalue weighted by atomic mass is 10.1. The van der Waals surface area contributed by atoms with Gasteiger partial charge in [-0.25, -0.2) is 4.79 Å². The molecule has 0 unspecified atom stereocenters. The number of aromatic nitrogens is 1. The Morgan fingerprint density at radius 3 is 2.30 bits per heavy atom. The summed E-state index contributed by atoms with van der Waals surface area (Å²) < 4.78 is 4.88. The van der Waals surface area contributed by atoms with Gasteiger partial charge in [0.05, 0.1) is 30.9 Å². The first-order valence-electron chi connectivity index (χ1n) is 5.75. The van der Waals surface area contributed by atoms with Crippen LogP contribution in [0.1, 0.15) is 5.56 Å². The SMILES string of the molecule is Cc1cc(Cl)cc2[nH]c(=O)oc12.NC(CO)(CO)CO. The van der Waals surface area contributed by atoms with Gasteiger partial charge in [-0.3, -0.25) is 4.98 Å². The van der Waals surface area contributed by atoms with Crippen LogP contribution in [-0.2, 0) is 0 Å². The van der Waals surface area contributed by atoms with Crippen LogP contribution in [-0.4, -0.2) is 45.7 Å². The van der Waals surface area contributed by atoms with Crippen LogP contribution in [0.3, 0.4) is 0 Å². The van der Waals surface area contributed by atoms with Gasteiger partial charge >= 0.3 is 5.76 Å². The number of fused-ring (bicyclic) bond motifs is 1. The van der Waals surface area contributed by atoms with E-state index in [4.69, 9.17) is 37.1 Å². The molecule has 0 atom stereocenters. The van der Waals surface area contributed by atoms with Crippen molar-refractivity contribution in [3.05, 3.63) is 33.3 Å². The van der Waals surface area contributed by atoms with E-state index in [0.717, 1.165) is 5.56 Å².